The SMILES string of the molecule is Nc1cccc(C(=O)NCCn2ccnn2)c1O. The number of nitrogens with two attached hydrogens (primary N) is 1. The number of phenols is 1. The number of phenolic OH excluding ortho intramolecular Hbond substituents is 1. The van der Waals surface area contributed by atoms with Crippen LogP contribution in [0.15, 0.2) is 30.6 Å². The van der Waals surface area contributed by atoms with Gasteiger partial charge in [-0.2, -0.15) is 0 Å². The van der Waals surface area contributed by atoms with Crippen molar-refractivity contribution in [3.05, 3.63) is 36.2 Å². The quantitative estimate of drug-likeness (QED) is 0.520. The van der Waals surface area contributed by atoms with Gasteiger partial charge in [0.05, 0.1) is 24.0 Å². The lowest BCUT2D eigenvalue weighted by atomic mass is 10.1. The van der Waals surface area contributed by atoms with Crippen LogP contribution in [0.2, 0.25) is 0 Å². The lowest BCUT2D eigenvalue weighted by Crippen LogP contribution is -2.27. The molecule has 2 rings (SSSR count). The molecular formula is C11H13N5O2. The van der Waals surface area contributed by atoms with E-state index in [2.05, 4.69) is 15.6 Å². The highest BCUT2D eigenvalue weighted by atomic mass is 16.3. The van der Waals surface area contributed by atoms with Gasteiger partial charge in [-0.25, -0.2) is 0 Å². The van der Waals surface area contributed by atoms with Gasteiger partial charge in [0.15, 0.2) is 5.75 Å². The molecule has 0 aliphatic rings. The van der Waals surface area contributed by atoms with E-state index in [-0.39, 0.29) is 22.9 Å². The number of para-hydroxylation sites is 1. The van der Waals surface area contributed by atoms with Gasteiger partial charge in [0.25, 0.3) is 5.91 Å². The predicted octanol–water partition coefficient (Wildman–Crippen LogP) is -0.00410. The van der Waals surface area contributed by atoms with Crippen molar-refractivity contribution in [2.24, 2.45) is 0 Å². The Morgan fingerprint density at radius 1 is 1.50 bits per heavy atom. The van der Waals surface area contributed by atoms with Gasteiger partial charge in [-0.15, -0.1) is 5.10 Å². The van der Waals surface area contributed by atoms with E-state index in [1.165, 1.54) is 12.1 Å². The van der Waals surface area contributed by atoms with Gasteiger partial charge in [0.1, 0.15) is 0 Å². The van der Waals surface area contributed by atoms with Crippen molar-refractivity contribution in [2.75, 3.05) is 12.3 Å². The van der Waals surface area contributed by atoms with Crippen LogP contribution in [0.5, 0.6) is 5.75 Å². The number of amides is 1. The topological polar surface area (TPSA) is 106 Å². The summed E-state index contributed by atoms with van der Waals surface area (Å²) in [6.45, 7) is 0.894. The van der Waals surface area contributed by atoms with Crippen molar-refractivity contribution in [2.45, 2.75) is 6.54 Å². The fourth-order valence-corrected chi connectivity index (χ4v) is 1.48. The average molecular weight is 247 g/mol. The molecule has 2 aromatic rings. The second-order valence-electron chi connectivity index (χ2n) is 3.67. The molecule has 1 aromatic carbocycles. The predicted molar refractivity (Wildman–Crippen MR) is 64.9 cm³/mol. The molecular weight excluding hydrogens is 234 g/mol. The average Bonchev–Trinajstić information content (AvgIpc) is 2.85. The van der Waals surface area contributed by atoms with Gasteiger partial charge in [0, 0.05) is 12.7 Å². The molecule has 7 heteroatoms. The van der Waals surface area contributed by atoms with Gasteiger partial charge in [-0.05, 0) is 12.1 Å². The summed E-state index contributed by atoms with van der Waals surface area (Å²) in [7, 11) is 0. The monoisotopic (exact) mass is 247 g/mol. The number of anilines is 1. The molecule has 0 atom stereocenters. The number of hydrogen-bond donors (Lipinski definition) is 3. The zero-order chi connectivity index (χ0) is 13.0. The first-order chi connectivity index (χ1) is 8.68. The number of benzene rings is 1. The van der Waals surface area contributed by atoms with E-state index >= 15 is 0 Å². The lowest BCUT2D eigenvalue weighted by Gasteiger charge is -2.07. The van der Waals surface area contributed by atoms with Gasteiger partial charge in [-0.1, -0.05) is 11.3 Å². The third-order valence-corrected chi connectivity index (χ3v) is 2.41. The van der Waals surface area contributed by atoms with Gasteiger partial charge < -0.3 is 16.2 Å². The highest BCUT2D eigenvalue weighted by Crippen LogP contribution is 2.23. The summed E-state index contributed by atoms with van der Waals surface area (Å²) in [6, 6.07) is 4.65. The van der Waals surface area contributed by atoms with Gasteiger partial charge in [0.2, 0.25) is 0 Å². The first-order valence-corrected chi connectivity index (χ1v) is 5.38. The lowest BCUT2D eigenvalue weighted by molar-refractivity contribution is 0.0949. The Morgan fingerprint density at radius 3 is 3.06 bits per heavy atom. The van der Waals surface area contributed by atoms with Crippen LogP contribution in [0.4, 0.5) is 5.69 Å². The maximum atomic E-state index is 11.8. The second-order valence-corrected chi connectivity index (χ2v) is 3.67. The van der Waals surface area contributed by atoms with E-state index in [4.69, 9.17) is 5.73 Å². The first-order valence-electron chi connectivity index (χ1n) is 5.38. The Balaban J connectivity index is 1.93. The maximum Gasteiger partial charge on any atom is 0.255 e. The largest absolute Gasteiger partial charge is 0.505 e. The normalized spacial score (nSPS) is 10.2. The number of nitrogens with one attached hydrogen (secondary N) is 1. The molecule has 94 valence electrons. The van der Waals surface area contributed by atoms with Crippen LogP contribution in [-0.4, -0.2) is 32.6 Å². The minimum atomic E-state index is -0.375. The smallest absolute Gasteiger partial charge is 0.255 e. The molecule has 0 aliphatic carbocycles. The van der Waals surface area contributed by atoms with Crippen molar-refractivity contribution in [3.8, 4) is 5.75 Å². The van der Waals surface area contributed by atoms with Crippen molar-refractivity contribution in [3.63, 3.8) is 0 Å². The summed E-state index contributed by atoms with van der Waals surface area (Å²) in [5, 5.41) is 19.7. The van der Waals surface area contributed by atoms with Crippen LogP contribution in [0.3, 0.4) is 0 Å². The molecule has 0 saturated heterocycles. The number of carbonyl (C=O) groups is 1. The van der Waals surface area contributed by atoms with E-state index in [0.29, 0.717) is 13.1 Å². The van der Waals surface area contributed by atoms with Gasteiger partial charge in [-0.3, -0.25) is 9.48 Å². The zero-order valence-electron chi connectivity index (χ0n) is 9.58. The Kier molecular flexibility index (Phi) is 3.42. The first kappa shape index (κ1) is 11.9. The van der Waals surface area contributed by atoms with Crippen molar-refractivity contribution >= 4 is 11.6 Å². The summed E-state index contributed by atoms with van der Waals surface area (Å²) < 4.78 is 1.60. The Bertz CT molecular complexity index is 538. The Labute approximate surface area is 103 Å². The fraction of sp³-hybridized carbons (Fsp3) is 0.182. The summed E-state index contributed by atoms with van der Waals surface area (Å²) in [5.74, 6) is -0.573. The molecule has 0 radical (unpaired) electrons. The number of rotatable bonds is 4. The Hall–Kier alpha value is -2.57. The molecule has 7 nitrogen and oxygen atoms in total. The number of nitrogens with zero attached hydrogens (tertiary/aromatic N) is 3. The van der Waals surface area contributed by atoms with Crippen molar-refractivity contribution in [1.29, 1.82) is 0 Å². The highest BCUT2D eigenvalue weighted by molar-refractivity contribution is 5.98. The Morgan fingerprint density at radius 2 is 2.33 bits per heavy atom. The van der Waals surface area contributed by atoms with E-state index in [0.717, 1.165) is 0 Å². The molecule has 0 bridgehead atoms. The summed E-state index contributed by atoms with van der Waals surface area (Å²) >= 11 is 0. The van der Waals surface area contributed by atoms with E-state index in [1.54, 1.807) is 23.1 Å². The molecule has 0 spiro atoms. The summed E-state index contributed by atoms with van der Waals surface area (Å²) in [5.41, 5.74) is 5.85. The number of hydrogen-bond acceptors (Lipinski definition) is 5. The molecule has 1 amide bonds. The number of carbonyl (C=O) groups excluding carboxylic acids is 1. The molecule has 18 heavy (non-hydrogen) atoms. The maximum absolute atomic E-state index is 11.8. The van der Waals surface area contributed by atoms with E-state index in [1.807, 2.05) is 0 Å². The molecule has 0 aliphatic heterocycles. The number of aromatic nitrogens is 3. The van der Waals surface area contributed by atoms with E-state index < -0.39 is 0 Å². The minimum absolute atomic E-state index is 0.161. The molecule has 1 aromatic heterocycles. The molecule has 0 fully saturated rings. The number of nitrogen functional groups attached to an aromatic ring is 1. The summed E-state index contributed by atoms with van der Waals surface area (Å²) in [6.07, 6.45) is 3.26. The third-order valence-electron chi connectivity index (χ3n) is 2.41. The molecule has 1 heterocycles. The number of aromatic hydroxyl groups is 1. The summed E-state index contributed by atoms with van der Waals surface area (Å²) in [4.78, 5) is 11.8. The zero-order valence-corrected chi connectivity index (χ0v) is 9.58. The van der Waals surface area contributed by atoms with Crippen LogP contribution >= 0.6 is 0 Å². The van der Waals surface area contributed by atoms with Crippen molar-refractivity contribution < 1.29 is 9.90 Å². The second kappa shape index (κ2) is 5.17. The van der Waals surface area contributed by atoms with Gasteiger partial charge >= 0.3 is 0 Å². The highest BCUT2D eigenvalue weighted by Gasteiger charge is 2.12. The molecule has 0 unspecified atom stereocenters. The molecule has 0 saturated carbocycles. The van der Waals surface area contributed by atoms with Crippen molar-refractivity contribution in [1.82, 2.24) is 20.3 Å². The van der Waals surface area contributed by atoms with E-state index in [9.17, 15) is 9.90 Å². The van der Waals surface area contributed by atoms with Crippen LogP contribution < -0.4 is 11.1 Å². The van der Waals surface area contributed by atoms with Crippen LogP contribution in [-0.2, 0) is 6.54 Å². The minimum Gasteiger partial charge on any atom is -0.505 e. The molecule has 4 N–H and O–H groups in total. The third kappa shape index (κ3) is 2.57. The standard InChI is InChI=1S/C11H13N5O2/c12-9-3-1-2-8(10(9)17)11(18)13-4-6-16-7-5-14-15-16/h1-3,5,7,17H,4,6,12H2,(H,13,18). The fourth-order valence-electron chi connectivity index (χ4n) is 1.48. The van der Waals surface area contributed by atoms with Crippen LogP contribution in [0.1, 0.15) is 10.4 Å². The van der Waals surface area contributed by atoms with Crippen LogP contribution in [0.25, 0.3) is 0 Å². The van der Waals surface area contributed by atoms with Crippen LogP contribution in [0, 0.1) is 0 Å².